The van der Waals surface area contributed by atoms with E-state index >= 15 is 0 Å². The summed E-state index contributed by atoms with van der Waals surface area (Å²) < 4.78 is 19.1. The zero-order valence-electron chi connectivity index (χ0n) is 12.4. The van der Waals surface area contributed by atoms with Gasteiger partial charge >= 0.3 is 0 Å². The van der Waals surface area contributed by atoms with Crippen molar-refractivity contribution in [2.24, 2.45) is 0 Å². The Balaban J connectivity index is 1.87. The fourth-order valence-electron chi connectivity index (χ4n) is 2.33. The first-order valence-electron chi connectivity index (χ1n) is 6.88. The van der Waals surface area contributed by atoms with Crippen molar-refractivity contribution in [3.63, 3.8) is 0 Å². The molecule has 1 aliphatic heterocycles. The van der Waals surface area contributed by atoms with Gasteiger partial charge in [0.1, 0.15) is 12.1 Å². The highest BCUT2D eigenvalue weighted by Crippen LogP contribution is 2.29. The van der Waals surface area contributed by atoms with Crippen LogP contribution < -0.4 is 15.0 Å². The molecule has 23 heavy (non-hydrogen) atoms. The van der Waals surface area contributed by atoms with E-state index in [-0.39, 0.29) is 0 Å². The topological polar surface area (TPSA) is 100 Å². The van der Waals surface area contributed by atoms with Gasteiger partial charge in [-0.05, 0) is 19.1 Å². The molecule has 2 amide bonds. The number of amides is 2. The molecule has 9 heteroatoms. The molecule has 2 N–H and O–H groups in total. The van der Waals surface area contributed by atoms with Crippen molar-refractivity contribution in [3.05, 3.63) is 36.0 Å². The predicted molar refractivity (Wildman–Crippen MR) is 77.5 cm³/mol. The number of halogens is 1. The lowest BCUT2D eigenvalue weighted by Crippen LogP contribution is -2.53. The SMILES string of the molecule is C[C@H]1Oc2cccnc2N(C)C(=O)[C@H]1NC(=O)c1n[nH]cc1F. The number of carbonyl (C=O) groups excluding carboxylic acids is 2. The third kappa shape index (κ3) is 2.60. The number of pyridine rings is 1. The van der Waals surface area contributed by atoms with Crippen LogP contribution in [0, 0.1) is 5.82 Å². The minimum absolute atomic E-state index is 0.354. The number of H-pyrrole nitrogens is 1. The summed E-state index contributed by atoms with van der Waals surface area (Å²) in [6.45, 7) is 1.64. The maximum absolute atomic E-state index is 13.4. The Morgan fingerprint density at radius 2 is 2.30 bits per heavy atom. The van der Waals surface area contributed by atoms with Gasteiger partial charge in [-0.2, -0.15) is 5.10 Å². The largest absolute Gasteiger partial charge is 0.484 e. The summed E-state index contributed by atoms with van der Waals surface area (Å²) in [7, 11) is 1.53. The summed E-state index contributed by atoms with van der Waals surface area (Å²) >= 11 is 0. The molecule has 0 aliphatic carbocycles. The van der Waals surface area contributed by atoms with Crippen molar-refractivity contribution < 1.29 is 18.7 Å². The number of nitrogens with zero attached hydrogens (tertiary/aromatic N) is 3. The van der Waals surface area contributed by atoms with Gasteiger partial charge in [0.15, 0.2) is 23.1 Å². The Morgan fingerprint density at radius 1 is 1.52 bits per heavy atom. The number of hydrogen-bond acceptors (Lipinski definition) is 5. The van der Waals surface area contributed by atoms with Gasteiger partial charge < -0.3 is 10.1 Å². The first-order chi connectivity index (χ1) is 11.0. The monoisotopic (exact) mass is 319 g/mol. The second-order valence-electron chi connectivity index (χ2n) is 5.08. The van der Waals surface area contributed by atoms with Gasteiger partial charge in [-0.25, -0.2) is 9.37 Å². The predicted octanol–water partition coefficient (Wildman–Crippen LogP) is 0.486. The summed E-state index contributed by atoms with van der Waals surface area (Å²) in [6, 6.07) is 2.36. The third-order valence-corrected chi connectivity index (χ3v) is 3.54. The summed E-state index contributed by atoms with van der Waals surface area (Å²) in [5.41, 5.74) is -0.410. The van der Waals surface area contributed by atoms with Gasteiger partial charge in [0.25, 0.3) is 11.8 Å². The molecule has 0 bridgehead atoms. The number of fused-ring (bicyclic) bond motifs is 1. The number of aromatic amines is 1. The average molecular weight is 319 g/mol. The zero-order chi connectivity index (χ0) is 16.6. The lowest BCUT2D eigenvalue weighted by molar-refractivity contribution is -0.121. The Bertz CT molecular complexity index is 762. The molecule has 1 aliphatic rings. The van der Waals surface area contributed by atoms with Gasteiger partial charge in [0, 0.05) is 13.2 Å². The Kier molecular flexibility index (Phi) is 3.68. The van der Waals surface area contributed by atoms with E-state index in [1.165, 1.54) is 18.1 Å². The van der Waals surface area contributed by atoms with Gasteiger partial charge in [-0.15, -0.1) is 0 Å². The number of ether oxygens (including phenoxy) is 1. The number of rotatable bonds is 2. The van der Waals surface area contributed by atoms with Crippen molar-refractivity contribution in [3.8, 4) is 5.75 Å². The van der Waals surface area contributed by atoms with Crippen LogP contribution in [0.2, 0.25) is 0 Å². The van der Waals surface area contributed by atoms with Crippen molar-refractivity contribution >= 4 is 17.6 Å². The third-order valence-electron chi connectivity index (χ3n) is 3.54. The second kappa shape index (κ2) is 5.67. The minimum atomic E-state index is -1.00. The lowest BCUT2D eigenvalue weighted by Gasteiger charge is -2.23. The molecule has 0 unspecified atom stereocenters. The Hall–Kier alpha value is -2.97. The molecule has 0 saturated heterocycles. The molecular weight excluding hydrogens is 305 g/mol. The van der Waals surface area contributed by atoms with Gasteiger partial charge in [-0.3, -0.25) is 19.6 Å². The van der Waals surface area contributed by atoms with Crippen molar-refractivity contribution in [2.45, 2.75) is 19.1 Å². The highest BCUT2D eigenvalue weighted by Gasteiger charge is 2.37. The van der Waals surface area contributed by atoms with E-state index in [9.17, 15) is 14.0 Å². The fourth-order valence-corrected chi connectivity index (χ4v) is 2.33. The standard InChI is InChI=1S/C14H14FN5O3/c1-7-10(18-13(21)11-8(15)6-17-19-11)14(22)20(2)12-9(23-7)4-3-5-16-12/h3-7,10H,1-2H3,(H,17,19)(H,18,21)/t7-,10+/m1/s1. The molecule has 2 atom stereocenters. The first kappa shape index (κ1) is 14.9. The zero-order valence-corrected chi connectivity index (χ0v) is 12.4. The fraction of sp³-hybridized carbons (Fsp3) is 0.286. The van der Waals surface area contributed by atoms with Crippen LogP contribution in [-0.4, -0.2) is 46.2 Å². The van der Waals surface area contributed by atoms with Crippen LogP contribution in [0.25, 0.3) is 0 Å². The highest BCUT2D eigenvalue weighted by molar-refractivity contribution is 6.02. The van der Waals surface area contributed by atoms with Crippen LogP contribution >= 0.6 is 0 Å². The minimum Gasteiger partial charge on any atom is -0.484 e. The normalized spacial score (nSPS) is 20.5. The quantitative estimate of drug-likeness (QED) is 0.839. The van der Waals surface area contributed by atoms with Crippen molar-refractivity contribution in [2.75, 3.05) is 11.9 Å². The van der Waals surface area contributed by atoms with Crippen LogP contribution in [0.5, 0.6) is 5.75 Å². The van der Waals surface area contributed by atoms with Crippen LogP contribution in [0.15, 0.2) is 24.5 Å². The van der Waals surface area contributed by atoms with Crippen LogP contribution in [-0.2, 0) is 4.79 Å². The highest BCUT2D eigenvalue weighted by atomic mass is 19.1. The molecule has 120 valence electrons. The Morgan fingerprint density at radius 3 is 3.00 bits per heavy atom. The number of carbonyl (C=O) groups is 2. The molecular formula is C14H14FN5O3. The van der Waals surface area contributed by atoms with E-state index in [1.54, 1.807) is 19.1 Å². The van der Waals surface area contributed by atoms with Crippen molar-refractivity contribution in [1.29, 1.82) is 0 Å². The molecule has 0 aromatic carbocycles. The summed E-state index contributed by atoms with van der Waals surface area (Å²) in [5.74, 6) is -1.23. The molecule has 2 aromatic rings. The molecule has 0 spiro atoms. The van der Waals surface area contributed by atoms with Crippen LogP contribution in [0.4, 0.5) is 10.2 Å². The first-order valence-corrected chi connectivity index (χ1v) is 6.88. The van der Waals surface area contributed by atoms with E-state index < -0.39 is 35.5 Å². The van der Waals surface area contributed by atoms with Crippen molar-refractivity contribution in [1.82, 2.24) is 20.5 Å². The number of aromatic nitrogens is 3. The van der Waals surface area contributed by atoms with Gasteiger partial charge in [0.05, 0.1) is 6.20 Å². The summed E-state index contributed by atoms with van der Waals surface area (Å²) in [5, 5.41) is 8.24. The summed E-state index contributed by atoms with van der Waals surface area (Å²) in [6.07, 6.45) is 1.82. The number of nitrogens with one attached hydrogen (secondary N) is 2. The molecule has 8 nitrogen and oxygen atoms in total. The summed E-state index contributed by atoms with van der Waals surface area (Å²) in [4.78, 5) is 30.1. The smallest absolute Gasteiger partial charge is 0.275 e. The Labute approximate surface area is 130 Å². The van der Waals surface area contributed by atoms with Crippen LogP contribution in [0.1, 0.15) is 17.4 Å². The molecule has 2 aromatic heterocycles. The number of likely N-dealkylation sites (N-methyl/N-ethyl adjacent to an activating group) is 1. The average Bonchev–Trinajstić information content (AvgIpc) is 2.94. The van der Waals surface area contributed by atoms with E-state index in [0.717, 1.165) is 6.20 Å². The molecule has 3 heterocycles. The second-order valence-corrected chi connectivity index (χ2v) is 5.08. The van der Waals surface area contributed by atoms with Gasteiger partial charge in [0.2, 0.25) is 0 Å². The molecule has 0 fully saturated rings. The molecule has 0 radical (unpaired) electrons. The lowest BCUT2D eigenvalue weighted by atomic mass is 10.1. The molecule has 3 rings (SSSR count). The maximum atomic E-state index is 13.4. The number of anilines is 1. The van der Waals surface area contributed by atoms with Crippen LogP contribution in [0.3, 0.4) is 0 Å². The number of hydrogen-bond donors (Lipinski definition) is 2. The van der Waals surface area contributed by atoms with E-state index in [2.05, 4.69) is 20.5 Å². The van der Waals surface area contributed by atoms with Gasteiger partial charge in [-0.1, -0.05) is 0 Å². The maximum Gasteiger partial charge on any atom is 0.275 e. The van der Waals surface area contributed by atoms with E-state index in [0.29, 0.717) is 11.6 Å². The molecule has 0 saturated carbocycles. The van der Waals surface area contributed by atoms with E-state index in [1.807, 2.05) is 0 Å². The van der Waals surface area contributed by atoms with E-state index in [4.69, 9.17) is 4.74 Å².